The molecule has 2 unspecified atom stereocenters. The first-order chi connectivity index (χ1) is 18.3. The molecule has 6 atom stereocenters. The second-order valence-electron chi connectivity index (χ2n) is 11.5. The van der Waals surface area contributed by atoms with Gasteiger partial charge in [0, 0.05) is 36.7 Å². The zero-order chi connectivity index (χ0) is 28.5. The van der Waals surface area contributed by atoms with Crippen LogP contribution in [0.25, 0.3) is 0 Å². The third-order valence-corrected chi connectivity index (χ3v) is 9.02. The number of phenolic OH excluding ortho intramolecular Hbond substituents is 1. The molecule has 210 valence electrons. The largest absolute Gasteiger partial charge is 0.507 e. The number of piperidine rings is 1. The zero-order valence-electron chi connectivity index (χ0n) is 21.7. The van der Waals surface area contributed by atoms with Crippen LogP contribution in [0, 0.1) is 29.5 Å². The minimum absolute atomic E-state index is 0.0450. The van der Waals surface area contributed by atoms with Gasteiger partial charge in [0.1, 0.15) is 11.6 Å². The van der Waals surface area contributed by atoms with Gasteiger partial charge in [0.15, 0.2) is 34.7 Å². The molecule has 1 aliphatic heterocycles. The number of carbonyl (C=O) groups is 5. The predicted molar refractivity (Wildman–Crippen MR) is 132 cm³/mol. The van der Waals surface area contributed by atoms with Gasteiger partial charge in [0.2, 0.25) is 5.91 Å². The van der Waals surface area contributed by atoms with Crippen molar-refractivity contribution in [1.29, 1.82) is 0 Å². The van der Waals surface area contributed by atoms with Gasteiger partial charge in [-0.05, 0) is 51.8 Å². The monoisotopic (exact) mass is 545 g/mol. The molecule has 4 aliphatic rings. The summed E-state index contributed by atoms with van der Waals surface area (Å²) >= 11 is 0. The van der Waals surface area contributed by atoms with E-state index in [1.54, 1.807) is 0 Å². The number of carbonyl (C=O) groups excluding carboxylic acids is 5. The third-order valence-electron chi connectivity index (χ3n) is 9.02. The molecule has 3 fully saturated rings. The molecule has 0 radical (unpaired) electrons. The van der Waals surface area contributed by atoms with Gasteiger partial charge in [-0.3, -0.25) is 33.8 Å². The molecule has 0 spiro atoms. The molecule has 5 N–H and O–H groups in total. The van der Waals surface area contributed by atoms with Crippen molar-refractivity contribution in [1.82, 2.24) is 9.80 Å². The average Bonchev–Trinajstić information content (AvgIpc) is 2.85. The molecule has 39 heavy (non-hydrogen) atoms. The number of aromatic hydroxyl groups is 1. The molecule has 2 saturated carbocycles. The number of nitrogens with two attached hydrogens (primary N) is 1. The smallest absolute Gasteiger partial charge is 0.235 e. The van der Waals surface area contributed by atoms with Crippen LogP contribution < -0.4 is 5.73 Å². The summed E-state index contributed by atoms with van der Waals surface area (Å²) in [4.78, 5) is 69.1. The van der Waals surface area contributed by atoms with Crippen molar-refractivity contribution in [2.75, 3.05) is 27.2 Å². The highest BCUT2D eigenvalue weighted by molar-refractivity contribution is 6.32. The maximum atomic E-state index is 15.8. The van der Waals surface area contributed by atoms with Crippen LogP contribution in [-0.4, -0.2) is 99.1 Å². The second-order valence-corrected chi connectivity index (χ2v) is 11.5. The highest BCUT2D eigenvalue weighted by Crippen LogP contribution is 2.51. The lowest BCUT2D eigenvalue weighted by molar-refractivity contribution is -0.181. The van der Waals surface area contributed by atoms with E-state index in [9.17, 15) is 39.3 Å². The molecule has 5 rings (SSSR count). The number of likely N-dealkylation sites (N-methyl/N-ethyl adjacent to an activating group) is 1. The highest BCUT2D eigenvalue weighted by atomic mass is 19.1. The number of hydrogen-bond donors (Lipinski definition) is 4. The number of halogens is 1. The fourth-order valence-electron chi connectivity index (χ4n) is 7.14. The molecule has 3 aliphatic carbocycles. The van der Waals surface area contributed by atoms with Crippen molar-refractivity contribution in [3.63, 3.8) is 0 Å². The van der Waals surface area contributed by atoms with Crippen LogP contribution in [-0.2, 0) is 32.1 Å². The van der Waals surface area contributed by atoms with Crippen LogP contribution in [0.15, 0.2) is 6.07 Å². The van der Waals surface area contributed by atoms with Gasteiger partial charge < -0.3 is 21.1 Å². The summed E-state index contributed by atoms with van der Waals surface area (Å²) in [5.41, 5.74) is 2.25. The predicted octanol–water partition coefficient (Wildman–Crippen LogP) is -1.04. The Kier molecular flexibility index (Phi) is 6.73. The highest BCUT2D eigenvalue weighted by Gasteiger charge is 2.69. The van der Waals surface area contributed by atoms with Gasteiger partial charge in [-0.25, -0.2) is 4.39 Å². The first kappa shape index (κ1) is 27.5. The molecule has 0 bridgehead atoms. The Labute approximate surface area is 223 Å². The number of amides is 1. The van der Waals surface area contributed by atoms with E-state index in [1.807, 2.05) is 4.90 Å². The van der Waals surface area contributed by atoms with Gasteiger partial charge in [-0.15, -0.1) is 0 Å². The van der Waals surface area contributed by atoms with E-state index >= 15 is 4.39 Å². The van der Waals surface area contributed by atoms with Gasteiger partial charge in [0.25, 0.3) is 0 Å². The van der Waals surface area contributed by atoms with Crippen molar-refractivity contribution in [2.24, 2.45) is 29.4 Å². The molecular formula is C27H32FN3O8. The maximum Gasteiger partial charge on any atom is 0.235 e. The van der Waals surface area contributed by atoms with Crippen molar-refractivity contribution in [3.8, 4) is 5.75 Å². The van der Waals surface area contributed by atoms with E-state index in [-0.39, 0.29) is 36.1 Å². The topological polar surface area (TPSA) is 179 Å². The zero-order valence-corrected chi connectivity index (χ0v) is 21.7. The number of rotatable bonds is 4. The summed E-state index contributed by atoms with van der Waals surface area (Å²) in [6, 6.07) is -0.0663. The number of likely N-dealkylation sites (tertiary alicyclic amines) is 1. The lowest BCUT2D eigenvalue weighted by Gasteiger charge is -2.52. The fourth-order valence-corrected chi connectivity index (χ4v) is 7.14. The summed E-state index contributed by atoms with van der Waals surface area (Å²) in [5, 5.41) is 32.1. The maximum absolute atomic E-state index is 15.8. The van der Waals surface area contributed by atoms with Crippen molar-refractivity contribution < 1.29 is 43.7 Å². The molecule has 12 heteroatoms. The number of hydrogen-bond acceptors (Lipinski definition) is 10. The Morgan fingerprint density at radius 3 is 2.41 bits per heavy atom. The number of aliphatic hydroxyl groups is 2. The molecule has 11 nitrogen and oxygen atoms in total. The number of benzene rings is 1. The van der Waals surface area contributed by atoms with Crippen LogP contribution in [0.3, 0.4) is 0 Å². The standard InChI is InChI=1S/C27H32FN3O8/c1-30(2)21-15-8-11-7-14-18(16(33)9-12(20(14)28)10-31-5-3-13(32)4-6-31)22(34)17(11)24(36)27(15,39)25(37)19(23(21)35)26(29)38/h9,11,13,15,17,19,21,32-33,39H,3-8,10H2,1-2H3,(H2,29,38)/t11-,15-,17?,19?,21-,27-/m0/s1. The van der Waals surface area contributed by atoms with Crippen LogP contribution in [0.5, 0.6) is 5.75 Å². The minimum atomic E-state index is -2.82. The van der Waals surface area contributed by atoms with E-state index in [4.69, 9.17) is 5.73 Å². The van der Waals surface area contributed by atoms with Crippen molar-refractivity contribution in [3.05, 3.63) is 28.6 Å². The molecule has 1 saturated heterocycles. The number of phenols is 1. The Hall–Kier alpha value is -3.06. The van der Waals surface area contributed by atoms with E-state index in [0.717, 1.165) is 6.07 Å². The summed E-state index contributed by atoms with van der Waals surface area (Å²) < 4.78 is 15.8. The minimum Gasteiger partial charge on any atom is -0.507 e. The fraction of sp³-hybridized carbons (Fsp3) is 0.593. The van der Waals surface area contributed by atoms with E-state index in [0.29, 0.717) is 25.9 Å². The van der Waals surface area contributed by atoms with Crippen LogP contribution in [0.1, 0.15) is 40.7 Å². The van der Waals surface area contributed by atoms with Crippen molar-refractivity contribution >= 4 is 29.0 Å². The summed E-state index contributed by atoms with van der Waals surface area (Å²) in [6.07, 6.45) is 0.390. The van der Waals surface area contributed by atoms with E-state index in [1.165, 1.54) is 19.0 Å². The third kappa shape index (κ3) is 4.03. The Morgan fingerprint density at radius 2 is 1.82 bits per heavy atom. The molecule has 0 aromatic heterocycles. The number of ketones is 4. The SMILES string of the molecule is CN(C)[C@@H]1C(=O)C(C(N)=O)C(=O)[C@@]2(O)C(=O)C3C(=O)c4c(O)cc(CN5CCC(O)CC5)c(F)c4C[C@H]3C[C@@H]12. The average molecular weight is 546 g/mol. The number of aliphatic hydroxyl groups excluding tert-OH is 1. The Balaban J connectivity index is 1.54. The van der Waals surface area contributed by atoms with Gasteiger partial charge in [-0.1, -0.05) is 0 Å². The lowest BCUT2D eigenvalue weighted by atomic mass is 9.52. The second kappa shape index (κ2) is 9.54. The summed E-state index contributed by atoms with van der Waals surface area (Å²) in [6.45, 7) is 1.23. The number of nitrogens with zero attached hydrogens (tertiary/aromatic N) is 2. The lowest BCUT2D eigenvalue weighted by Crippen LogP contribution is -2.74. The summed E-state index contributed by atoms with van der Waals surface area (Å²) in [5.74, 6) is -12.5. The molecule has 1 aromatic rings. The van der Waals surface area contributed by atoms with Gasteiger partial charge >= 0.3 is 0 Å². The summed E-state index contributed by atoms with van der Waals surface area (Å²) in [7, 11) is 3.00. The van der Waals surface area contributed by atoms with Crippen LogP contribution in [0.2, 0.25) is 0 Å². The Bertz CT molecular complexity index is 1290. The molecular weight excluding hydrogens is 513 g/mol. The first-order valence-corrected chi connectivity index (χ1v) is 13.1. The Morgan fingerprint density at radius 1 is 1.18 bits per heavy atom. The number of Topliss-reactive ketones (excluding diaryl/α,β-unsaturated/α-hetero) is 4. The van der Waals surface area contributed by atoms with E-state index < -0.39 is 82.0 Å². The van der Waals surface area contributed by atoms with Crippen LogP contribution >= 0.6 is 0 Å². The normalized spacial score (nSPS) is 33.6. The first-order valence-electron chi connectivity index (χ1n) is 13.1. The quantitative estimate of drug-likeness (QED) is 0.342. The van der Waals surface area contributed by atoms with Crippen molar-refractivity contribution in [2.45, 2.75) is 50.0 Å². The molecule has 1 heterocycles. The van der Waals surface area contributed by atoms with Gasteiger partial charge in [0.05, 0.1) is 23.6 Å². The number of primary amides is 1. The molecule has 1 aromatic carbocycles. The van der Waals surface area contributed by atoms with Gasteiger partial charge in [-0.2, -0.15) is 0 Å². The van der Waals surface area contributed by atoms with E-state index in [2.05, 4.69) is 0 Å². The van der Waals surface area contributed by atoms with Crippen LogP contribution in [0.4, 0.5) is 4.39 Å². The number of fused-ring (bicyclic) bond motifs is 3. The molecule has 1 amide bonds.